The summed E-state index contributed by atoms with van der Waals surface area (Å²) >= 11 is 0. The third-order valence-electron chi connectivity index (χ3n) is 3.37. The minimum Gasteiger partial charge on any atom is -0.304 e. The van der Waals surface area contributed by atoms with Crippen LogP contribution in [0.1, 0.15) is 36.7 Å². The second-order valence-corrected chi connectivity index (χ2v) is 4.73. The molecule has 0 amide bonds. The van der Waals surface area contributed by atoms with Crippen LogP contribution in [0.3, 0.4) is 0 Å². The number of pyridine rings is 1. The van der Waals surface area contributed by atoms with Crippen LogP contribution in [0.5, 0.6) is 0 Å². The van der Waals surface area contributed by atoms with Gasteiger partial charge in [-0.15, -0.1) is 0 Å². The number of benzene rings is 1. The topological polar surface area (TPSA) is 24.9 Å². The van der Waals surface area contributed by atoms with Gasteiger partial charge in [0.1, 0.15) is 11.6 Å². The molecule has 0 fully saturated rings. The van der Waals surface area contributed by atoms with E-state index < -0.39 is 11.6 Å². The Hall–Kier alpha value is -1.81. The van der Waals surface area contributed by atoms with Crippen LogP contribution >= 0.6 is 0 Å². The standard InChI is InChI=1S/C16H18F2N2/c1-3-12-5-4-8-19-16(12)10-20-11(2)14-9-13(17)6-7-15(14)18/h4-9,11,20H,3,10H2,1-2H3. The predicted octanol–water partition coefficient (Wildman–Crippen LogP) is 3.77. The molecule has 2 rings (SSSR count). The number of halogens is 2. The van der Waals surface area contributed by atoms with E-state index in [0.717, 1.165) is 29.8 Å². The molecule has 0 spiro atoms. The maximum atomic E-state index is 13.7. The van der Waals surface area contributed by atoms with Gasteiger partial charge in [-0.25, -0.2) is 8.78 Å². The fourth-order valence-corrected chi connectivity index (χ4v) is 2.16. The normalized spacial score (nSPS) is 12.4. The molecule has 1 aromatic heterocycles. The first-order chi connectivity index (χ1) is 9.61. The zero-order valence-electron chi connectivity index (χ0n) is 11.7. The van der Waals surface area contributed by atoms with Gasteiger partial charge < -0.3 is 5.32 Å². The van der Waals surface area contributed by atoms with E-state index in [1.54, 1.807) is 6.20 Å². The third-order valence-corrected chi connectivity index (χ3v) is 3.37. The lowest BCUT2D eigenvalue weighted by molar-refractivity contribution is 0.514. The lowest BCUT2D eigenvalue weighted by Gasteiger charge is -2.16. The molecule has 0 radical (unpaired) electrons. The summed E-state index contributed by atoms with van der Waals surface area (Å²) in [5, 5.41) is 3.19. The number of aromatic nitrogens is 1. The molecule has 1 atom stereocenters. The van der Waals surface area contributed by atoms with Gasteiger partial charge >= 0.3 is 0 Å². The quantitative estimate of drug-likeness (QED) is 0.899. The molecule has 1 unspecified atom stereocenters. The van der Waals surface area contributed by atoms with Crippen molar-refractivity contribution in [3.05, 3.63) is 65.0 Å². The Morgan fingerprint density at radius 1 is 1.25 bits per heavy atom. The van der Waals surface area contributed by atoms with Gasteiger partial charge in [-0.2, -0.15) is 0 Å². The van der Waals surface area contributed by atoms with Crippen LogP contribution < -0.4 is 5.32 Å². The average molecular weight is 276 g/mol. The molecule has 0 aliphatic rings. The van der Waals surface area contributed by atoms with Gasteiger partial charge in [-0.3, -0.25) is 4.98 Å². The smallest absolute Gasteiger partial charge is 0.128 e. The number of hydrogen-bond acceptors (Lipinski definition) is 2. The van der Waals surface area contributed by atoms with Gasteiger partial charge in [0.25, 0.3) is 0 Å². The average Bonchev–Trinajstić information content (AvgIpc) is 2.47. The molecule has 2 aromatic rings. The van der Waals surface area contributed by atoms with Crippen molar-refractivity contribution in [2.45, 2.75) is 32.9 Å². The maximum absolute atomic E-state index is 13.7. The summed E-state index contributed by atoms with van der Waals surface area (Å²) in [5.74, 6) is -0.828. The largest absolute Gasteiger partial charge is 0.304 e. The van der Waals surface area contributed by atoms with Gasteiger partial charge in [0.15, 0.2) is 0 Å². The fraction of sp³-hybridized carbons (Fsp3) is 0.312. The Kier molecular flexibility index (Phi) is 4.79. The second-order valence-electron chi connectivity index (χ2n) is 4.73. The lowest BCUT2D eigenvalue weighted by atomic mass is 10.1. The van der Waals surface area contributed by atoms with Gasteiger partial charge in [0.2, 0.25) is 0 Å². The minimum absolute atomic E-state index is 0.280. The molecular formula is C16H18F2N2. The summed E-state index contributed by atoms with van der Waals surface area (Å²) in [5.41, 5.74) is 2.43. The molecule has 0 aliphatic heterocycles. The summed E-state index contributed by atoms with van der Waals surface area (Å²) in [7, 11) is 0. The molecule has 1 N–H and O–H groups in total. The summed E-state index contributed by atoms with van der Waals surface area (Å²) in [6.07, 6.45) is 2.64. The molecule has 2 nitrogen and oxygen atoms in total. The van der Waals surface area contributed by atoms with Crippen molar-refractivity contribution >= 4 is 0 Å². The fourth-order valence-electron chi connectivity index (χ4n) is 2.16. The highest BCUT2D eigenvalue weighted by Crippen LogP contribution is 2.18. The summed E-state index contributed by atoms with van der Waals surface area (Å²) < 4.78 is 26.9. The number of rotatable bonds is 5. The SMILES string of the molecule is CCc1cccnc1CNC(C)c1cc(F)ccc1F. The molecule has 0 bridgehead atoms. The first-order valence-electron chi connectivity index (χ1n) is 6.73. The third kappa shape index (κ3) is 3.39. The first kappa shape index (κ1) is 14.6. The van der Waals surface area contributed by atoms with Crippen LogP contribution in [0, 0.1) is 11.6 Å². The monoisotopic (exact) mass is 276 g/mol. The zero-order valence-corrected chi connectivity index (χ0v) is 11.7. The van der Waals surface area contributed by atoms with Crippen molar-refractivity contribution in [3.8, 4) is 0 Å². The minimum atomic E-state index is -0.429. The van der Waals surface area contributed by atoms with Gasteiger partial charge in [-0.1, -0.05) is 13.0 Å². The van der Waals surface area contributed by atoms with Crippen LogP contribution in [-0.2, 0) is 13.0 Å². The molecule has 0 saturated carbocycles. The van der Waals surface area contributed by atoms with Gasteiger partial charge in [0, 0.05) is 24.3 Å². The van der Waals surface area contributed by atoms with E-state index >= 15 is 0 Å². The molecule has 0 saturated heterocycles. The number of aryl methyl sites for hydroxylation is 1. The van der Waals surface area contributed by atoms with E-state index in [-0.39, 0.29) is 6.04 Å². The summed E-state index contributed by atoms with van der Waals surface area (Å²) in [6, 6.07) is 7.15. The number of nitrogens with one attached hydrogen (secondary N) is 1. The van der Waals surface area contributed by atoms with Crippen molar-refractivity contribution in [2.75, 3.05) is 0 Å². The molecule has 4 heteroatoms. The number of nitrogens with zero attached hydrogens (tertiary/aromatic N) is 1. The molecule has 0 aliphatic carbocycles. The van der Waals surface area contributed by atoms with Crippen LogP contribution in [0.2, 0.25) is 0 Å². The molecule has 106 valence electrons. The summed E-state index contributed by atoms with van der Waals surface area (Å²) in [4.78, 5) is 4.32. The van der Waals surface area contributed by atoms with Crippen LogP contribution in [-0.4, -0.2) is 4.98 Å². The van der Waals surface area contributed by atoms with Crippen molar-refractivity contribution in [1.29, 1.82) is 0 Å². The molecular weight excluding hydrogens is 258 g/mol. The van der Waals surface area contributed by atoms with Crippen LogP contribution in [0.4, 0.5) is 8.78 Å². The van der Waals surface area contributed by atoms with E-state index in [9.17, 15) is 8.78 Å². The Labute approximate surface area is 117 Å². The highest BCUT2D eigenvalue weighted by atomic mass is 19.1. The second kappa shape index (κ2) is 6.57. The van der Waals surface area contributed by atoms with Crippen LogP contribution in [0.15, 0.2) is 36.5 Å². The highest BCUT2D eigenvalue weighted by Gasteiger charge is 2.12. The van der Waals surface area contributed by atoms with Gasteiger partial charge in [0.05, 0.1) is 5.69 Å². The summed E-state index contributed by atoms with van der Waals surface area (Å²) in [6.45, 7) is 4.41. The Bertz CT molecular complexity index is 584. The molecule has 1 heterocycles. The van der Waals surface area contributed by atoms with E-state index in [2.05, 4.69) is 17.2 Å². The van der Waals surface area contributed by atoms with E-state index in [1.165, 1.54) is 6.07 Å². The van der Waals surface area contributed by atoms with Crippen molar-refractivity contribution < 1.29 is 8.78 Å². The Morgan fingerprint density at radius 2 is 2.05 bits per heavy atom. The number of hydrogen-bond donors (Lipinski definition) is 1. The van der Waals surface area contributed by atoms with Crippen LogP contribution in [0.25, 0.3) is 0 Å². The predicted molar refractivity (Wildman–Crippen MR) is 75.2 cm³/mol. The van der Waals surface area contributed by atoms with Gasteiger partial charge in [-0.05, 0) is 43.2 Å². The van der Waals surface area contributed by atoms with Crippen molar-refractivity contribution in [1.82, 2.24) is 10.3 Å². The molecule has 20 heavy (non-hydrogen) atoms. The van der Waals surface area contributed by atoms with Crippen molar-refractivity contribution in [3.63, 3.8) is 0 Å². The highest BCUT2D eigenvalue weighted by molar-refractivity contribution is 5.23. The zero-order chi connectivity index (χ0) is 14.5. The van der Waals surface area contributed by atoms with E-state index in [4.69, 9.17) is 0 Å². The van der Waals surface area contributed by atoms with E-state index in [0.29, 0.717) is 12.1 Å². The van der Waals surface area contributed by atoms with Crippen molar-refractivity contribution in [2.24, 2.45) is 0 Å². The molecule has 1 aromatic carbocycles. The van der Waals surface area contributed by atoms with E-state index in [1.807, 2.05) is 19.1 Å². The lowest BCUT2D eigenvalue weighted by Crippen LogP contribution is -2.20. The first-order valence-corrected chi connectivity index (χ1v) is 6.73. The Morgan fingerprint density at radius 3 is 2.80 bits per heavy atom. The Balaban J connectivity index is 2.08. The maximum Gasteiger partial charge on any atom is 0.128 e.